The van der Waals surface area contributed by atoms with E-state index in [0.717, 1.165) is 12.8 Å². The van der Waals surface area contributed by atoms with Gasteiger partial charge in [0, 0.05) is 13.2 Å². The second-order valence-corrected chi connectivity index (χ2v) is 4.69. The van der Waals surface area contributed by atoms with E-state index in [4.69, 9.17) is 11.6 Å². The summed E-state index contributed by atoms with van der Waals surface area (Å²) >= 11 is 6.12. The molecule has 0 spiro atoms. The number of aromatic nitrogens is 4. The van der Waals surface area contributed by atoms with Crippen molar-refractivity contribution in [2.24, 2.45) is 7.05 Å². The lowest BCUT2D eigenvalue weighted by Gasteiger charge is -1.98. The van der Waals surface area contributed by atoms with Crippen LogP contribution in [-0.2, 0) is 7.05 Å². The summed E-state index contributed by atoms with van der Waals surface area (Å²) in [6, 6.07) is 1.96. The number of aromatic carboxylic acids is 1. The molecule has 0 amide bonds. The Balaban J connectivity index is 2.22. The van der Waals surface area contributed by atoms with Crippen molar-refractivity contribution < 1.29 is 9.90 Å². The summed E-state index contributed by atoms with van der Waals surface area (Å²) in [5.74, 6) is -1.07. The number of rotatable bonds is 3. The maximum absolute atomic E-state index is 11.3. The highest BCUT2D eigenvalue weighted by Crippen LogP contribution is 2.40. The molecule has 2 aromatic heterocycles. The van der Waals surface area contributed by atoms with Crippen molar-refractivity contribution in [3.05, 3.63) is 23.0 Å². The summed E-state index contributed by atoms with van der Waals surface area (Å²) in [6.45, 7) is 0. The van der Waals surface area contributed by atoms with Crippen molar-refractivity contribution in [3.8, 4) is 11.4 Å². The van der Waals surface area contributed by atoms with Crippen LogP contribution in [0.2, 0.25) is 5.15 Å². The van der Waals surface area contributed by atoms with Crippen molar-refractivity contribution in [2.45, 2.75) is 18.9 Å². The lowest BCUT2D eigenvalue weighted by Crippen LogP contribution is -2.01. The molecule has 0 atom stereocenters. The van der Waals surface area contributed by atoms with Crippen molar-refractivity contribution >= 4 is 17.6 Å². The van der Waals surface area contributed by atoms with Gasteiger partial charge in [-0.2, -0.15) is 10.2 Å². The van der Waals surface area contributed by atoms with Crippen LogP contribution in [0.15, 0.2) is 12.3 Å². The number of carboxylic acid groups (broad SMARTS) is 1. The number of hydrogen-bond acceptors (Lipinski definition) is 3. The number of hydrogen-bond donors (Lipinski definition) is 1. The first-order valence-electron chi connectivity index (χ1n) is 5.59. The van der Waals surface area contributed by atoms with Gasteiger partial charge in [-0.25, -0.2) is 9.48 Å². The maximum Gasteiger partial charge on any atom is 0.341 e. The van der Waals surface area contributed by atoms with Crippen LogP contribution in [0.3, 0.4) is 0 Å². The molecule has 0 unspecified atom stereocenters. The van der Waals surface area contributed by atoms with Crippen LogP contribution in [0, 0.1) is 0 Å². The smallest absolute Gasteiger partial charge is 0.341 e. The third-order valence-electron chi connectivity index (χ3n) is 3.02. The van der Waals surface area contributed by atoms with E-state index in [9.17, 15) is 9.90 Å². The minimum atomic E-state index is -1.07. The lowest BCUT2D eigenvalue weighted by molar-refractivity contribution is 0.0698. The maximum atomic E-state index is 11.3. The van der Waals surface area contributed by atoms with Crippen LogP contribution in [-0.4, -0.2) is 30.6 Å². The standard InChI is InChI=1S/C11H11ClN4O2/c1-15-7(4-5-13-15)9-8(11(17)18)10(12)16(14-9)6-2-3-6/h4-6H,2-3H2,1H3,(H,17,18). The van der Waals surface area contributed by atoms with Crippen LogP contribution in [0.25, 0.3) is 11.4 Å². The van der Waals surface area contributed by atoms with Crippen molar-refractivity contribution in [2.75, 3.05) is 0 Å². The van der Waals surface area contributed by atoms with E-state index in [-0.39, 0.29) is 16.8 Å². The highest BCUT2D eigenvalue weighted by molar-refractivity contribution is 6.33. The number of nitrogens with zero attached hydrogens (tertiary/aromatic N) is 4. The van der Waals surface area contributed by atoms with Gasteiger partial charge in [-0.05, 0) is 18.9 Å². The Morgan fingerprint density at radius 3 is 2.78 bits per heavy atom. The zero-order valence-electron chi connectivity index (χ0n) is 9.67. The van der Waals surface area contributed by atoms with Gasteiger partial charge in [-0.1, -0.05) is 11.6 Å². The molecule has 1 fully saturated rings. The van der Waals surface area contributed by atoms with Gasteiger partial charge in [-0.3, -0.25) is 4.68 Å². The molecule has 1 N–H and O–H groups in total. The molecule has 1 aliphatic carbocycles. The molecule has 0 radical (unpaired) electrons. The summed E-state index contributed by atoms with van der Waals surface area (Å²) in [7, 11) is 1.74. The second-order valence-electron chi connectivity index (χ2n) is 4.34. The second kappa shape index (κ2) is 3.84. The molecule has 0 saturated heterocycles. The first-order chi connectivity index (χ1) is 8.59. The van der Waals surface area contributed by atoms with E-state index in [2.05, 4.69) is 10.2 Å². The summed E-state index contributed by atoms with van der Waals surface area (Å²) in [6.07, 6.45) is 3.58. The number of carbonyl (C=O) groups is 1. The van der Waals surface area contributed by atoms with E-state index in [0.29, 0.717) is 11.4 Å². The molecule has 1 saturated carbocycles. The quantitative estimate of drug-likeness (QED) is 0.922. The molecule has 6 nitrogen and oxygen atoms in total. The first kappa shape index (κ1) is 11.3. The number of carboxylic acids is 1. The SMILES string of the molecule is Cn1nccc1-c1nn(C2CC2)c(Cl)c1C(=O)O. The van der Waals surface area contributed by atoms with E-state index in [1.54, 1.807) is 28.7 Å². The summed E-state index contributed by atoms with van der Waals surface area (Å²) in [4.78, 5) is 11.3. The molecule has 2 aromatic rings. The van der Waals surface area contributed by atoms with Crippen molar-refractivity contribution in [3.63, 3.8) is 0 Å². The molecule has 7 heteroatoms. The van der Waals surface area contributed by atoms with E-state index >= 15 is 0 Å². The molecule has 94 valence electrons. The Bertz CT molecular complexity index is 627. The lowest BCUT2D eigenvalue weighted by atomic mass is 10.2. The molecule has 0 aromatic carbocycles. The topological polar surface area (TPSA) is 72.9 Å². The van der Waals surface area contributed by atoms with Gasteiger partial charge in [0.1, 0.15) is 16.4 Å². The predicted octanol–water partition coefficient (Wildman–Crippen LogP) is 1.97. The molecule has 0 aliphatic heterocycles. The summed E-state index contributed by atoms with van der Waals surface area (Å²) in [5, 5.41) is 17.8. The average molecular weight is 267 g/mol. The van der Waals surface area contributed by atoms with Crippen molar-refractivity contribution in [1.29, 1.82) is 0 Å². The van der Waals surface area contributed by atoms with Crippen LogP contribution < -0.4 is 0 Å². The Morgan fingerprint density at radius 2 is 2.28 bits per heavy atom. The van der Waals surface area contributed by atoms with Crippen LogP contribution in [0.4, 0.5) is 0 Å². The fraction of sp³-hybridized carbons (Fsp3) is 0.364. The fourth-order valence-corrected chi connectivity index (χ4v) is 2.30. The van der Waals surface area contributed by atoms with E-state index in [1.807, 2.05) is 0 Å². The largest absolute Gasteiger partial charge is 0.477 e. The normalized spacial score (nSPS) is 15.0. The van der Waals surface area contributed by atoms with Crippen LogP contribution >= 0.6 is 11.6 Å². The first-order valence-corrected chi connectivity index (χ1v) is 5.97. The third-order valence-corrected chi connectivity index (χ3v) is 3.38. The Labute approximate surface area is 108 Å². The Hall–Kier alpha value is -1.82. The van der Waals surface area contributed by atoms with Gasteiger partial charge in [0.25, 0.3) is 0 Å². The van der Waals surface area contributed by atoms with Gasteiger partial charge >= 0.3 is 5.97 Å². The zero-order chi connectivity index (χ0) is 12.9. The van der Waals surface area contributed by atoms with Crippen LogP contribution in [0.1, 0.15) is 29.2 Å². The third kappa shape index (κ3) is 1.60. The molecule has 3 rings (SSSR count). The summed E-state index contributed by atoms with van der Waals surface area (Å²) in [5.41, 5.74) is 1.07. The molecule has 0 bridgehead atoms. The Kier molecular flexibility index (Phi) is 2.41. The minimum absolute atomic E-state index is 0.0483. The molecule has 2 heterocycles. The van der Waals surface area contributed by atoms with Crippen molar-refractivity contribution in [1.82, 2.24) is 19.6 Å². The molecular weight excluding hydrogens is 256 g/mol. The minimum Gasteiger partial charge on any atom is -0.477 e. The van der Waals surface area contributed by atoms with Gasteiger partial charge in [0.2, 0.25) is 0 Å². The Morgan fingerprint density at radius 1 is 1.56 bits per heavy atom. The van der Waals surface area contributed by atoms with Gasteiger partial charge in [0.05, 0.1) is 11.7 Å². The molecule has 1 aliphatic rings. The van der Waals surface area contributed by atoms with Crippen LogP contribution in [0.5, 0.6) is 0 Å². The number of halogens is 1. The highest BCUT2D eigenvalue weighted by Gasteiger charge is 2.32. The predicted molar refractivity (Wildman–Crippen MR) is 64.7 cm³/mol. The van der Waals surface area contributed by atoms with E-state index in [1.165, 1.54) is 0 Å². The number of aryl methyl sites for hydroxylation is 1. The zero-order valence-corrected chi connectivity index (χ0v) is 10.4. The molecular formula is C11H11ClN4O2. The van der Waals surface area contributed by atoms with E-state index < -0.39 is 5.97 Å². The average Bonchev–Trinajstić information content (AvgIpc) is 2.97. The van der Waals surface area contributed by atoms with Gasteiger partial charge in [0.15, 0.2) is 0 Å². The summed E-state index contributed by atoms with van der Waals surface area (Å²) < 4.78 is 3.19. The van der Waals surface area contributed by atoms with Gasteiger partial charge < -0.3 is 5.11 Å². The monoisotopic (exact) mass is 266 g/mol. The fourth-order valence-electron chi connectivity index (χ4n) is 1.95. The molecule has 18 heavy (non-hydrogen) atoms. The highest BCUT2D eigenvalue weighted by atomic mass is 35.5. The van der Waals surface area contributed by atoms with Gasteiger partial charge in [-0.15, -0.1) is 0 Å².